The molecule has 8 nitrogen and oxygen atoms in total. The molecule has 1 saturated heterocycles. The second-order valence-corrected chi connectivity index (χ2v) is 10.2. The molecule has 11 heteroatoms. The van der Waals surface area contributed by atoms with Crippen molar-refractivity contribution in [1.29, 1.82) is 5.26 Å². The smallest absolute Gasteiger partial charge is 0.391 e. The maximum Gasteiger partial charge on any atom is 0.391 e. The van der Waals surface area contributed by atoms with Crippen LogP contribution in [0.2, 0.25) is 0 Å². The number of halogens is 3. The third-order valence-electron chi connectivity index (χ3n) is 7.72. The molecule has 1 fully saturated rings. The minimum atomic E-state index is -4.21. The molecule has 0 radical (unpaired) electrons. The zero-order valence-corrected chi connectivity index (χ0v) is 22.4. The van der Waals surface area contributed by atoms with Gasteiger partial charge in [-0.25, -0.2) is 9.97 Å². The fourth-order valence-corrected chi connectivity index (χ4v) is 5.44. The Hall–Kier alpha value is -4.01. The van der Waals surface area contributed by atoms with Crippen LogP contribution >= 0.6 is 0 Å². The van der Waals surface area contributed by atoms with Crippen LogP contribution in [-0.2, 0) is 19.2 Å². The van der Waals surface area contributed by atoms with Crippen LogP contribution < -0.4 is 4.74 Å². The molecule has 1 atom stereocenters. The van der Waals surface area contributed by atoms with Gasteiger partial charge in [0.05, 0.1) is 42.3 Å². The summed E-state index contributed by atoms with van der Waals surface area (Å²) in [6, 6.07) is 11.1. The highest BCUT2D eigenvalue weighted by atomic mass is 19.4. The highest BCUT2D eigenvalue weighted by Gasteiger charge is 2.41. The molecule has 1 aliphatic rings. The van der Waals surface area contributed by atoms with E-state index in [1.54, 1.807) is 54.6 Å². The number of ether oxygens (including phenoxy) is 1. The van der Waals surface area contributed by atoms with E-state index in [9.17, 15) is 23.5 Å². The average molecular weight is 551 g/mol. The van der Waals surface area contributed by atoms with Crippen molar-refractivity contribution in [3.8, 4) is 11.9 Å². The van der Waals surface area contributed by atoms with Crippen LogP contribution in [0.5, 0.6) is 5.88 Å². The van der Waals surface area contributed by atoms with Gasteiger partial charge < -0.3 is 14.4 Å². The van der Waals surface area contributed by atoms with Crippen LogP contribution in [0.15, 0.2) is 49.1 Å². The largest absolute Gasteiger partial charge is 0.481 e. The lowest BCUT2D eigenvalue weighted by molar-refractivity contribution is -0.185. The fraction of sp³-hybridized carbons (Fsp3) is 0.379. The van der Waals surface area contributed by atoms with Crippen molar-refractivity contribution in [3.05, 3.63) is 82.7 Å². The Labute approximate surface area is 229 Å². The predicted octanol–water partition coefficient (Wildman–Crippen LogP) is 4.61. The van der Waals surface area contributed by atoms with Crippen molar-refractivity contribution in [1.82, 2.24) is 24.4 Å². The number of alkyl halides is 3. The van der Waals surface area contributed by atoms with Crippen molar-refractivity contribution in [2.75, 3.05) is 20.2 Å². The van der Waals surface area contributed by atoms with Gasteiger partial charge in [-0.3, -0.25) is 9.88 Å². The third kappa shape index (κ3) is 4.89. The summed E-state index contributed by atoms with van der Waals surface area (Å²) in [5.41, 5.74) is 1.95. The number of benzene rings is 1. The molecule has 1 aliphatic heterocycles. The Morgan fingerprint density at radius 1 is 1.12 bits per heavy atom. The standard InChI is InChI=1S/C29H29F3N6O2/c1-18-4-5-21(14-35-18)28(39,26-15-34-17-37(26)2)20-6-7-25-22(12-20)23(13-33)24(27(36-25)40-3)16-38-10-8-19(9-11-38)29(30,31)32/h4-7,12,14-15,17,19,39H,8-11,16H2,1-3H3. The molecular formula is C29H29F3N6O2. The van der Waals surface area contributed by atoms with Crippen LogP contribution in [0.25, 0.3) is 10.9 Å². The highest BCUT2D eigenvalue weighted by molar-refractivity contribution is 5.88. The number of aryl methyl sites for hydroxylation is 2. The van der Waals surface area contributed by atoms with Gasteiger partial charge in [0.25, 0.3) is 0 Å². The number of rotatable bonds is 6. The Morgan fingerprint density at radius 3 is 2.42 bits per heavy atom. The van der Waals surface area contributed by atoms with Crippen LogP contribution in [0.1, 0.15) is 46.5 Å². The molecule has 5 rings (SSSR count). The number of hydrogen-bond acceptors (Lipinski definition) is 7. The van der Waals surface area contributed by atoms with E-state index in [0.29, 0.717) is 38.9 Å². The van der Waals surface area contributed by atoms with E-state index in [2.05, 4.69) is 21.0 Å². The zero-order chi connectivity index (χ0) is 28.7. The van der Waals surface area contributed by atoms with E-state index in [4.69, 9.17) is 4.74 Å². The molecule has 0 amide bonds. The number of aromatic nitrogens is 4. The molecule has 208 valence electrons. The number of methoxy groups -OCH3 is 1. The van der Waals surface area contributed by atoms with E-state index >= 15 is 0 Å². The Bertz CT molecular complexity index is 1570. The molecule has 0 aliphatic carbocycles. The number of nitriles is 1. The molecule has 1 N–H and O–H groups in total. The molecule has 0 spiro atoms. The van der Waals surface area contributed by atoms with Crippen LogP contribution in [0.3, 0.4) is 0 Å². The summed E-state index contributed by atoms with van der Waals surface area (Å²) in [5.74, 6) is -1.07. The number of likely N-dealkylation sites (tertiary alicyclic amines) is 1. The topological polar surface area (TPSA) is 100 Å². The first kappa shape index (κ1) is 27.6. The third-order valence-corrected chi connectivity index (χ3v) is 7.72. The Balaban J connectivity index is 1.61. The second kappa shape index (κ2) is 10.5. The summed E-state index contributed by atoms with van der Waals surface area (Å²) in [7, 11) is 3.23. The first-order chi connectivity index (χ1) is 19.1. The summed E-state index contributed by atoms with van der Waals surface area (Å²) < 4.78 is 46.8. The fourth-order valence-electron chi connectivity index (χ4n) is 5.44. The van der Waals surface area contributed by atoms with Gasteiger partial charge in [0, 0.05) is 42.0 Å². The summed E-state index contributed by atoms with van der Waals surface area (Å²) in [4.78, 5) is 15.1. The average Bonchev–Trinajstić information content (AvgIpc) is 3.38. The first-order valence-electron chi connectivity index (χ1n) is 12.9. The Kier molecular flexibility index (Phi) is 7.25. The second-order valence-electron chi connectivity index (χ2n) is 10.2. The molecule has 4 aromatic rings. The lowest BCUT2D eigenvalue weighted by atomic mass is 9.83. The number of imidazole rings is 1. The van der Waals surface area contributed by atoms with Crippen molar-refractivity contribution >= 4 is 10.9 Å². The molecule has 3 aromatic heterocycles. The van der Waals surface area contributed by atoms with Gasteiger partial charge in [-0.1, -0.05) is 12.1 Å². The van der Waals surface area contributed by atoms with Crippen LogP contribution in [0.4, 0.5) is 13.2 Å². The molecular weight excluding hydrogens is 521 g/mol. The minimum absolute atomic E-state index is 0.00117. The van der Waals surface area contributed by atoms with Crippen molar-refractivity contribution in [3.63, 3.8) is 0 Å². The number of piperidine rings is 1. The van der Waals surface area contributed by atoms with E-state index < -0.39 is 17.7 Å². The van der Waals surface area contributed by atoms with Gasteiger partial charge in [0.15, 0.2) is 5.60 Å². The van der Waals surface area contributed by atoms with E-state index in [1.807, 2.05) is 17.9 Å². The van der Waals surface area contributed by atoms with Gasteiger partial charge in [0.1, 0.15) is 6.07 Å². The Morgan fingerprint density at radius 2 is 1.85 bits per heavy atom. The molecule has 0 bridgehead atoms. The quantitative estimate of drug-likeness (QED) is 0.374. The van der Waals surface area contributed by atoms with E-state index in [1.165, 1.54) is 7.11 Å². The SMILES string of the molecule is COc1nc2ccc(C(O)(c3ccc(C)nc3)c3cncn3C)cc2c(C#N)c1CN1CCC(C(F)(F)F)CC1. The maximum absolute atomic E-state index is 13.2. The predicted molar refractivity (Wildman–Crippen MR) is 141 cm³/mol. The van der Waals surface area contributed by atoms with Gasteiger partial charge in [-0.05, 0) is 56.6 Å². The number of pyridine rings is 2. The molecule has 1 unspecified atom stereocenters. The number of aliphatic hydroxyl groups is 1. The highest BCUT2D eigenvalue weighted by Crippen LogP contribution is 2.40. The van der Waals surface area contributed by atoms with Crippen LogP contribution in [0, 0.1) is 24.2 Å². The van der Waals surface area contributed by atoms with E-state index in [-0.39, 0.29) is 38.4 Å². The van der Waals surface area contributed by atoms with Crippen molar-refractivity contribution in [2.45, 2.75) is 38.1 Å². The van der Waals surface area contributed by atoms with Gasteiger partial charge in [-0.2, -0.15) is 18.4 Å². The number of fused-ring (bicyclic) bond motifs is 1. The lowest BCUT2D eigenvalue weighted by Gasteiger charge is -2.33. The molecule has 40 heavy (non-hydrogen) atoms. The number of hydrogen-bond donors (Lipinski definition) is 1. The minimum Gasteiger partial charge on any atom is -0.481 e. The van der Waals surface area contributed by atoms with Gasteiger partial charge in [-0.15, -0.1) is 0 Å². The van der Waals surface area contributed by atoms with E-state index in [0.717, 1.165) is 5.69 Å². The molecule has 4 heterocycles. The first-order valence-corrected chi connectivity index (χ1v) is 12.9. The van der Waals surface area contributed by atoms with Crippen molar-refractivity contribution < 1.29 is 23.0 Å². The maximum atomic E-state index is 13.2. The van der Waals surface area contributed by atoms with Gasteiger partial charge >= 0.3 is 6.18 Å². The molecule has 0 saturated carbocycles. The summed E-state index contributed by atoms with van der Waals surface area (Å²) in [5, 5.41) is 23.1. The summed E-state index contributed by atoms with van der Waals surface area (Å²) in [6.45, 7) is 2.57. The summed E-state index contributed by atoms with van der Waals surface area (Å²) >= 11 is 0. The van der Waals surface area contributed by atoms with Crippen molar-refractivity contribution in [2.24, 2.45) is 13.0 Å². The summed E-state index contributed by atoms with van der Waals surface area (Å²) in [6.07, 6.45) is 0.580. The lowest BCUT2D eigenvalue weighted by Crippen LogP contribution is -2.38. The number of nitrogens with zero attached hydrogens (tertiary/aromatic N) is 6. The molecule has 1 aromatic carbocycles. The zero-order valence-electron chi connectivity index (χ0n) is 22.4. The van der Waals surface area contributed by atoms with Gasteiger partial charge in [0.2, 0.25) is 5.88 Å². The van der Waals surface area contributed by atoms with Crippen LogP contribution in [-0.4, -0.2) is 55.9 Å². The monoisotopic (exact) mass is 550 g/mol. The normalized spacial score (nSPS) is 16.6.